The Hall–Kier alpha value is -2.21. The molecule has 0 amide bonds. The van der Waals surface area contributed by atoms with E-state index in [1.165, 1.54) is 57.8 Å². The van der Waals surface area contributed by atoms with Gasteiger partial charge in [0, 0.05) is 30.6 Å². The summed E-state index contributed by atoms with van der Waals surface area (Å²) in [6.07, 6.45) is 16.0. The van der Waals surface area contributed by atoms with Crippen LogP contribution in [0.15, 0.2) is 29.1 Å². The summed E-state index contributed by atoms with van der Waals surface area (Å²) in [6.45, 7) is 2.21. The smallest absolute Gasteiger partial charge is 0.305 e. The van der Waals surface area contributed by atoms with Gasteiger partial charge in [0.15, 0.2) is 0 Å². The van der Waals surface area contributed by atoms with Crippen LogP contribution in [-0.2, 0) is 16.0 Å². The van der Waals surface area contributed by atoms with E-state index in [0.29, 0.717) is 43.6 Å². The highest BCUT2D eigenvalue weighted by Gasteiger charge is 2.45. The molecular weight excluding hydrogens is 462 g/mol. The number of esters is 1. The first kappa shape index (κ1) is 25.1. The van der Waals surface area contributed by atoms with Crippen molar-refractivity contribution in [2.75, 3.05) is 6.61 Å². The van der Waals surface area contributed by atoms with Crippen molar-refractivity contribution < 1.29 is 9.53 Å². The molecule has 1 aromatic heterocycles. The van der Waals surface area contributed by atoms with Gasteiger partial charge >= 0.3 is 5.97 Å². The number of para-hydroxylation sites is 2. The Morgan fingerprint density at radius 3 is 2.35 bits per heavy atom. The number of benzene rings is 1. The summed E-state index contributed by atoms with van der Waals surface area (Å²) in [5.41, 5.74) is 2.49. The standard InChI is InChI=1S/C31H43N3O3/c1-2-37-30(35)15-7-13-28-31(36)34(29-14-4-3-12-27(29)32-28)26-19-23-10-6-11-24(20-26)33(23)25-17-21-8-5-9-22(16-21)18-25/h3-4,12,14,21-26H,2,5-11,13,15-20H2,1H3/t21?,22?,23-,24+,25?,26?. The van der Waals surface area contributed by atoms with Crippen LogP contribution in [0.3, 0.4) is 0 Å². The highest BCUT2D eigenvalue weighted by Crippen LogP contribution is 2.47. The second-order valence-electron chi connectivity index (χ2n) is 12.2. The zero-order valence-electron chi connectivity index (χ0n) is 22.4. The van der Waals surface area contributed by atoms with Gasteiger partial charge in [-0.25, -0.2) is 4.98 Å². The monoisotopic (exact) mass is 505 g/mol. The molecule has 0 radical (unpaired) electrons. The summed E-state index contributed by atoms with van der Waals surface area (Å²) in [4.78, 5) is 33.5. The Bertz CT molecular complexity index is 1150. The van der Waals surface area contributed by atoms with E-state index in [-0.39, 0.29) is 17.6 Å². The van der Waals surface area contributed by atoms with Gasteiger partial charge in [-0.3, -0.25) is 14.5 Å². The van der Waals surface area contributed by atoms with E-state index in [0.717, 1.165) is 41.8 Å². The Morgan fingerprint density at radius 2 is 1.62 bits per heavy atom. The summed E-state index contributed by atoms with van der Waals surface area (Å²) >= 11 is 0. The zero-order valence-corrected chi connectivity index (χ0v) is 22.4. The summed E-state index contributed by atoms with van der Waals surface area (Å²) in [5, 5.41) is 0. The number of fused-ring (bicyclic) bond motifs is 5. The molecule has 6 nitrogen and oxygen atoms in total. The summed E-state index contributed by atoms with van der Waals surface area (Å²) in [5.74, 6) is 1.69. The molecular formula is C31H43N3O3. The summed E-state index contributed by atoms with van der Waals surface area (Å²) in [6, 6.07) is 10.3. The first-order valence-corrected chi connectivity index (χ1v) is 15.0. The number of aryl methyl sites for hydroxylation is 1. The van der Waals surface area contributed by atoms with Gasteiger partial charge in [-0.2, -0.15) is 0 Å². The van der Waals surface area contributed by atoms with Crippen molar-refractivity contribution in [3.8, 4) is 0 Å². The van der Waals surface area contributed by atoms with E-state index >= 15 is 0 Å². The van der Waals surface area contributed by atoms with Crippen LogP contribution in [0.4, 0.5) is 0 Å². The van der Waals surface area contributed by atoms with E-state index in [2.05, 4.69) is 15.5 Å². The van der Waals surface area contributed by atoms with E-state index < -0.39 is 0 Å². The summed E-state index contributed by atoms with van der Waals surface area (Å²) in [7, 11) is 0. The average Bonchev–Trinajstić information content (AvgIpc) is 2.88. The molecule has 3 unspecified atom stereocenters. The van der Waals surface area contributed by atoms with Crippen LogP contribution in [0.5, 0.6) is 0 Å². The molecule has 3 heterocycles. The van der Waals surface area contributed by atoms with Crippen LogP contribution in [0.25, 0.3) is 11.0 Å². The summed E-state index contributed by atoms with van der Waals surface area (Å²) < 4.78 is 7.18. The first-order valence-electron chi connectivity index (χ1n) is 15.0. The van der Waals surface area contributed by atoms with Crippen molar-refractivity contribution in [2.45, 2.75) is 121 Å². The van der Waals surface area contributed by atoms with Crippen LogP contribution < -0.4 is 5.56 Å². The van der Waals surface area contributed by atoms with Crippen molar-refractivity contribution in [3.63, 3.8) is 0 Å². The van der Waals surface area contributed by atoms with Gasteiger partial charge < -0.3 is 9.30 Å². The lowest BCUT2D eigenvalue weighted by Crippen LogP contribution is -2.58. The van der Waals surface area contributed by atoms with Gasteiger partial charge in [-0.05, 0) is 88.7 Å². The van der Waals surface area contributed by atoms with Crippen molar-refractivity contribution in [1.82, 2.24) is 14.5 Å². The first-order chi connectivity index (χ1) is 18.1. The maximum Gasteiger partial charge on any atom is 0.305 e. The molecule has 200 valence electrons. The van der Waals surface area contributed by atoms with Crippen LogP contribution in [0.2, 0.25) is 0 Å². The molecule has 2 aliphatic carbocycles. The number of nitrogens with zero attached hydrogens (tertiary/aromatic N) is 3. The molecule has 0 N–H and O–H groups in total. The van der Waals surface area contributed by atoms with Gasteiger partial charge in [0.05, 0.1) is 17.6 Å². The molecule has 4 bridgehead atoms. The Labute approximate surface area is 220 Å². The predicted molar refractivity (Wildman–Crippen MR) is 146 cm³/mol. The number of carbonyl (C=O) groups is 1. The fourth-order valence-corrected chi connectivity index (χ4v) is 8.50. The number of hydrogen-bond donors (Lipinski definition) is 0. The van der Waals surface area contributed by atoms with E-state index in [4.69, 9.17) is 9.72 Å². The minimum Gasteiger partial charge on any atom is -0.466 e. The normalized spacial score (nSPS) is 31.8. The fraction of sp³-hybridized carbons (Fsp3) is 0.710. The molecule has 2 saturated carbocycles. The Morgan fingerprint density at radius 1 is 0.919 bits per heavy atom. The molecule has 37 heavy (non-hydrogen) atoms. The van der Waals surface area contributed by atoms with Gasteiger partial charge in [-0.15, -0.1) is 0 Å². The van der Waals surface area contributed by atoms with Crippen LogP contribution in [0.1, 0.15) is 102 Å². The maximum atomic E-state index is 13.9. The van der Waals surface area contributed by atoms with Gasteiger partial charge in [0.1, 0.15) is 5.69 Å². The average molecular weight is 506 g/mol. The molecule has 2 saturated heterocycles. The van der Waals surface area contributed by atoms with Crippen molar-refractivity contribution in [1.29, 1.82) is 0 Å². The fourth-order valence-electron chi connectivity index (χ4n) is 8.50. The maximum absolute atomic E-state index is 13.9. The van der Waals surface area contributed by atoms with E-state index in [1.54, 1.807) is 0 Å². The van der Waals surface area contributed by atoms with Gasteiger partial charge in [0.25, 0.3) is 5.56 Å². The lowest BCUT2D eigenvalue weighted by molar-refractivity contribution is -0.143. The minimum atomic E-state index is -0.198. The third-order valence-corrected chi connectivity index (χ3v) is 9.86. The number of aromatic nitrogens is 2. The third-order valence-electron chi connectivity index (χ3n) is 9.86. The third kappa shape index (κ3) is 5.10. The van der Waals surface area contributed by atoms with Crippen molar-refractivity contribution in [3.05, 3.63) is 40.3 Å². The number of hydrogen-bond acceptors (Lipinski definition) is 5. The van der Waals surface area contributed by atoms with E-state index in [1.807, 2.05) is 25.1 Å². The molecule has 6 rings (SSSR count). The molecule has 2 aliphatic heterocycles. The predicted octanol–water partition coefficient (Wildman–Crippen LogP) is 5.81. The van der Waals surface area contributed by atoms with Crippen LogP contribution in [-0.4, -0.2) is 45.2 Å². The molecule has 4 aliphatic rings. The highest BCUT2D eigenvalue weighted by atomic mass is 16.5. The molecule has 1 aromatic carbocycles. The Balaban J connectivity index is 1.26. The minimum absolute atomic E-state index is 0.0475. The van der Waals surface area contributed by atoms with Crippen molar-refractivity contribution >= 4 is 17.0 Å². The highest BCUT2D eigenvalue weighted by molar-refractivity contribution is 5.75. The number of ether oxygens (including phenoxy) is 1. The van der Waals surface area contributed by atoms with Gasteiger partial charge in [0.2, 0.25) is 0 Å². The topological polar surface area (TPSA) is 64.4 Å². The molecule has 6 heteroatoms. The van der Waals surface area contributed by atoms with Crippen molar-refractivity contribution in [2.24, 2.45) is 11.8 Å². The molecule has 5 atom stereocenters. The quantitative estimate of drug-likeness (QED) is 0.445. The van der Waals surface area contributed by atoms with Crippen LogP contribution in [0, 0.1) is 11.8 Å². The molecule has 4 fully saturated rings. The van der Waals surface area contributed by atoms with E-state index in [9.17, 15) is 9.59 Å². The number of piperidine rings is 2. The largest absolute Gasteiger partial charge is 0.466 e. The SMILES string of the molecule is CCOC(=O)CCCc1nc2ccccc2n(C2C[C@H]3CCC[C@@H](C2)N3C2CC3CCCC(C3)C2)c1=O. The number of carbonyl (C=O) groups excluding carboxylic acids is 1. The Kier molecular flexibility index (Phi) is 7.38. The molecule has 0 spiro atoms. The second-order valence-corrected chi connectivity index (χ2v) is 12.2. The van der Waals surface area contributed by atoms with Crippen LogP contribution >= 0.6 is 0 Å². The molecule has 2 aromatic rings. The lowest BCUT2D eigenvalue weighted by Gasteiger charge is -2.55. The second kappa shape index (κ2) is 10.9. The lowest BCUT2D eigenvalue weighted by atomic mass is 9.68. The zero-order chi connectivity index (χ0) is 25.4. The number of rotatable bonds is 7. The van der Waals surface area contributed by atoms with Gasteiger partial charge in [-0.1, -0.05) is 37.8 Å².